The summed E-state index contributed by atoms with van der Waals surface area (Å²) in [6.45, 7) is 2.20. The lowest BCUT2D eigenvalue weighted by molar-refractivity contribution is 0.572. The van der Waals surface area contributed by atoms with Crippen LogP contribution in [0.15, 0.2) is 23.1 Å². The molecule has 3 nitrogen and oxygen atoms in total. The second-order valence-electron chi connectivity index (χ2n) is 5.48. The van der Waals surface area contributed by atoms with Gasteiger partial charge >= 0.3 is 0 Å². The molecule has 1 aromatic rings. The van der Waals surface area contributed by atoms with E-state index in [1.807, 2.05) is 0 Å². The van der Waals surface area contributed by atoms with E-state index in [0.717, 1.165) is 12.8 Å². The Morgan fingerprint density at radius 1 is 1.00 bits per heavy atom. The number of halogens is 1. The van der Waals surface area contributed by atoms with Crippen molar-refractivity contribution >= 4 is 27.1 Å². The lowest BCUT2D eigenvalue weighted by atomic mass is 10.1. The third kappa shape index (κ3) is 6.70. The second kappa shape index (κ2) is 9.31. The van der Waals surface area contributed by atoms with E-state index in [1.54, 1.807) is 6.07 Å². The zero-order chi connectivity index (χ0) is 15.7. The number of hydrogen-bond donors (Lipinski definition) is 1. The number of rotatable bonds is 10. The minimum Gasteiger partial charge on any atom is -0.398 e. The highest BCUT2D eigenvalue weighted by Crippen LogP contribution is 2.23. The molecule has 1 rings (SSSR count). The van der Waals surface area contributed by atoms with Crippen LogP contribution < -0.4 is 5.73 Å². The molecule has 1 aromatic carbocycles. The molecule has 0 aliphatic heterocycles. The zero-order valence-corrected chi connectivity index (χ0v) is 14.3. The van der Waals surface area contributed by atoms with Crippen LogP contribution >= 0.6 is 11.6 Å². The van der Waals surface area contributed by atoms with Crippen molar-refractivity contribution in [2.75, 3.05) is 11.5 Å². The van der Waals surface area contributed by atoms with Gasteiger partial charge in [-0.2, -0.15) is 0 Å². The Balaban J connectivity index is 2.31. The summed E-state index contributed by atoms with van der Waals surface area (Å²) in [7, 11) is -3.24. The number of hydrogen-bond acceptors (Lipinski definition) is 3. The van der Waals surface area contributed by atoms with Gasteiger partial charge in [0.05, 0.1) is 21.4 Å². The molecule has 0 amide bonds. The molecule has 0 radical (unpaired) electrons. The van der Waals surface area contributed by atoms with Gasteiger partial charge in [0.1, 0.15) is 0 Å². The Morgan fingerprint density at radius 3 is 2.14 bits per heavy atom. The molecular formula is C16H26ClNO2S. The van der Waals surface area contributed by atoms with Gasteiger partial charge in [-0.15, -0.1) is 0 Å². The predicted molar refractivity (Wildman–Crippen MR) is 90.5 cm³/mol. The molecular weight excluding hydrogens is 306 g/mol. The summed E-state index contributed by atoms with van der Waals surface area (Å²) >= 11 is 5.87. The maximum atomic E-state index is 12.2. The van der Waals surface area contributed by atoms with Gasteiger partial charge in [-0.3, -0.25) is 0 Å². The van der Waals surface area contributed by atoms with Crippen molar-refractivity contribution in [3.8, 4) is 0 Å². The summed E-state index contributed by atoms with van der Waals surface area (Å²) in [5.41, 5.74) is 6.00. The van der Waals surface area contributed by atoms with E-state index in [0.29, 0.717) is 17.1 Å². The van der Waals surface area contributed by atoms with Crippen molar-refractivity contribution in [2.45, 2.75) is 63.2 Å². The van der Waals surface area contributed by atoms with Crippen molar-refractivity contribution in [3.63, 3.8) is 0 Å². The minimum atomic E-state index is -3.24. The maximum absolute atomic E-state index is 12.2. The van der Waals surface area contributed by atoms with Gasteiger partial charge in [0.25, 0.3) is 0 Å². The number of nitrogens with two attached hydrogens (primary N) is 1. The van der Waals surface area contributed by atoms with Gasteiger partial charge in [-0.25, -0.2) is 8.42 Å². The minimum absolute atomic E-state index is 0.183. The predicted octanol–water partition coefficient (Wildman–Crippen LogP) is 4.84. The molecule has 120 valence electrons. The van der Waals surface area contributed by atoms with Crippen molar-refractivity contribution in [1.82, 2.24) is 0 Å². The fourth-order valence-electron chi connectivity index (χ4n) is 2.25. The smallest absolute Gasteiger partial charge is 0.178 e. The Morgan fingerprint density at radius 2 is 1.57 bits per heavy atom. The highest BCUT2D eigenvalue weighted by atomic mass is 35.5. The van der Waals surface area contributed by atoms with Gasteiger partial charge in [0.15, 0.2) is 9.84 Å². The monoisotopic (exact) mass is 331 g/mol. The van der Waals surface area contributed by atoms with Crippen LogP contribution in [0, 0.1) is 0 Å². The van der Waals surface area contributed by atoms with Crippen LogP contribution in [0.1, 0.15) is 58.3 Å². The lowest BCUT2D eigenvalue weighted by Gasteiger charge is -2.06. The fraction of sp³-hybridized carbons (Fsp3) is 0.625. The summed E-state index contributed by atoms with van der Waals surface area (Å²) in [6.07, 6.45) is 9.09. The standard InChI is InChI=1S/C16H26ClNO2S/c1-2-3-4-5-6-7-8-9-12-21(19,20)14-10-11-16(18)15(17)13-14/h10-11,13H,2-9,12,18H2,1H3. The average Bonchev–Trinajstić information content (AvgIpc) is 2.44. The Hall–Kier alpha value is -0.740. The normalized spacial score (nSPS) is 11.7. The van der Waals surface area contributed by atoms with E-state index in [9.17, 15) is 8.42 Å². The summed E-state index contributed by atoms with van der Waals surface area (Å²) in [5, 5.41) is 0.298. The molecule has 0 saturated carbocycles. The molecule has 0 bridgehead atoms. The van der Waals surface area contributed by atoms with Crippen LogP contribution in [0.3, 0.4) is 0 Å². The van der Waals surface area contributed by atoms with Crippen LogP contribution in [-0.2, 0) is 9.84 Å². The largest absolute Gasteiger partial charge is 0.398 e. The van der Waals surface area contributed by atoms with Crippen molar-refractivity contribution in [2.24, 2.45) is 0 Å². The molecule has 5 heteroatoms. The van der Waals surface area contributed by atoms with E-state index in [-0.39, 0.29) is 10.6 Å². The Kier molecular flexibility index (Phi) is 8.12. The quantitative estimate of drug-likeness (QED) is 0.493. The van der Waals surface area contributed by atoms with E-state index in [4.69, 9.17) is 17.3 Å². The van der Waals surface area contributed by atoms with Crippen LogP contribution in [-0.4, -0.2) is 14.2 Å². The molecule has 0 aliphatic rings. The summed E-state index contributed by atoms with van der Waals surface area (Å²) in [5.74, 6) is 0.183. The highest BCUT2D eigenvalue weighted by Gasteiger charge is 2.15. The van der Waals surface area contributed by atoms with E-state index < -0.39 is 9.84 Å². The first-order chi connectivity index (χ1) is 9.97. The molecule has 0 heterocycles. The molecule has 0 aromatic heterocycles. The first-order valence-corrected chi connectivity index (χ1v) is 9.78. The van der Waals surface area contributed by atoms with Gasteiger partial charge < -0.3 is 5.73 Å². The van der Waals surface area contributed by atoms with Crippen LogP contribution in [0.25, 0.3) is 0 Å². The van der Waals surface area contributed by atoms with Gasteiger partial charge in [-0.1, -0.05) is 63.5 Å². The van der Waals surface area contributed by atoms with Crippen LogP contribution in [0.2, 0.25) is 5.02 Å². The van der Waals surface area contributed by atoms with Crippen LogP contribution in [0.4, 0.5) is 5.69 Å². The first kappa shape index (κ1) is 18.3. The molecule has 21 heavy (non-hydrogen) atoms. The molecule has 0 spiro atoms. The number of unbranched alkanes of at least 4 members (excludes halogenated alkanes) is 7. The molecule has 0 aliphatic carbocycles. The van der Waals surface area contributed by atoms with Crippen molar-refractivity contribution < 1.29 is 8.42 Å². The zero-order valence-electron chi connectivity index (χ0n) is 12.8. The molecule has 0 saturated heterocycles. The molecule has 0 unspecified atom stereocenters. The number of sulfone groups is 1. The van der Waals surface area contributed by atoms with E-state index in [1.165, 1.54) is 44.2 Å². The Bertz CT molecular complexity index is 529. The Labute approximate surface area is 133 Å². The van der Waals surface area contributed by atoms with E-state index in [2.05, 4.69) is 6.92 Å². The fourth-order valence-corrected chi connectivity index (χ4v) is 3.88. The summed E-state index contributed by atoms with van der Waals surface area (Å²) in [6, 6.07) is 4.52. The number of anilines is 1. The third-order valence-electron chi connectivity index (χ3n) is 3.60. The highest BCUT2D eigenvalue weighted by molar-refractivity contribution is 7.91. The first-order valence-electron chi connectivity index (χ1n) is 7.75. The van der Waals surface area contributed by atoms with Gasteiger partial charge in [0, 0.05) is 0 Å². The topological polar surface area (TPSA) is 60.2 Å². The molecule has 2 N–H and O–H groups in total. The molecule has 0 fully saturated rings. The van der Waals surface area contributed by atoms with Crippen molar-refractivity contribution in [3.05, 3.63) is 23.2 Å². The van der Waals surface area contributed by atoms with Crippen LogP contribution in [0.5, 0.6) is 0 Å². The van der Waals surface area contributed by atoms with Gasteiger partial charge in [0.2, 0.25) is 0 Å². The summed E-state index contributed by atoms with van der Waals surface area (Å²) in [4.78, 5) is 0.268. The SMILES string of the molecule is CCCCCCCCCCS(=O)(=O)c1ccc(N)c(Cl)c1. The maximum Gasteiger partial charge on any atom is 0.178 e. The molecule has 0 atom stereocenters. The van der Waals surface area contributed by atoms with Gasteiger partial charge in [-0.05, 0) is 24.6 Å². The summed E-state index contributed by atoms with van der Waals surface area (Å²) < 4.78 is 24.3. The number of benzene rings is 1. The van der Waals surface area contributed by atoms with Crippen molar-refractivity contribution in [1.29, 1.82) is 0 Å². The van der Waals surface area contributed by atoms with E-state index >= 15 is 0 Å². The number of nitrogen functional groups attached to an aromatic ring is 1. The third-order valence-corrected chi connectivity index (χ3v) is 5.72. The average molecular weight is 332 g/mol. The second-order valence-corrected chi connectivity index (χ2v) is 7.99. The lowest BCUT2D eigenvalue weighted by Crippen LogP contribution is -2.07.